The lowest BCUT2D eigenvalue weighted by Gasteiger charge is -2.08. The number of rotatable bonds is 2. The van der Waals surface area contributed by atoms with E-state index in [1.807, 2.05) is 19.9 Å². The highest BCUT2D eigenvalue weighted by atomic mass is 19.1. The first-order chi connectivity index (χ1) is 8.06. The van der Waals surface area contributed by atoms with E-state index in [0.717, 1.165) is 11.3 Å². The first-order valence-corrected chi connectivity index (χ1v) is 5.32. The molecule has 0 radical (unpaired) electrons. The Morgan fingerprint density at radius 1 is 1.18 bits per heavy atom. The summed E-state index contributed by atoms with van der Waals surface area (Å²) in [4.78, 5) is 4.23. The summed E-state index contributed by atoms with van der Waals surface area (Å²) in [6.07, 6.45) is 0. The number of aromatic nitrogens is 1. The molecule has 1 aromatic heterocycles. The smallest absolute Gasteiger partial charge is 0.146 e. The highest BCUT2D eigenvalue weighted by Gasteiger charge is 2.04. The van der Waals surface area contributed by atoms with Gasteiger partial charge in [0.25, 0.3) is 0 Å². The Balaban J connectivity index is 2.28. The quantitative estimate of drug-likeness (QED) is 0.834. The first-order valence-electron chi connectivity index (χ1n) is 5.32. The zero-order valence-corrected chi connectivity index (χ0v) is 9.79. The fourth-order valence-electron chi connectivity index (χ4n) is 1.50. The molecule has 0 aliphatic carbocycles. The first kappa shape index (κ1) is 11.4. The van der Waals surface area contributed by atoms with E-state index in [4.69, 9.17) is 5.73 Å². The lowest BCUT2D eigenvalue weighted by molar-refractivity contribution is 0.630. The van der Waals surface area contributed by atoms with Crippen molar-refractivity contribution in [1.29, 1.82) is 0 Å². The van der Waals surface area contributed by atoms with E-state index in [1.165, 1.54) is 6.07 Å². The summed E-state index contributed by atoms with van der Waals surface area (Å²) in [5, 5.41) is 2.93. The van der Waals surface area contributed by atoms with Crippen molar-refractivity contribution in [2.75, 3.05) is 11.1 Å². The van der Waals surface area contributed by atoms with Gasteiger partial charge in [-0.25, -0.2) is 9.37 Å². The number of hydrogen-bond donors (Lipinski definition) is 2. The third-order valence-electron chi connectivity index (χ3n) is 2.51. The predicted molar refractivity (Wildman–Crippen MR) is 67.8 cm³/mol. The molecule has 0 saturated heterocycles. The van der Waals surface area contributed by atoms with Gasteiger partial charge in [-0.05, 0) is 43.7 Å². The normalized spacial score (nSPS) is 10.3. The monoisotopic (exact) mass is 231 g/mol. The predicted octanol–water partition coefficient (Wildman–Crippen LogP) is 3.16. The highest BCUT2D eigenvalue weighted by Crippen LogP contribution is 2.21. The van der Waals surface area contributed by atoms with E-state index in [0.29, 0.717) is 17.2 Å². The van der Waals surface area contributed by atoms with Gasteiger partial charge in [0, 0.05) is 0 Å². The molecular formula is C13H14FN3. The SMILES string of the molecule is Cc1ccc(Nc2ccc(N)c(C)n2)c(F)c1. The molecule has 4 heteroatoms. The largest absolute Gasteiger partial charge is 0.397 e. The topological polar surface area (TPSA) is 50.9 Å². The van der Waals surface area contributed by atoms with Gasteiger partial charge in [-0.15, -0.1) is 0 Å². The third kappa shape index (κ3) is 2.53. The second kappa shape index (κ2) is 4.41. The molecule has 1 heterocycles. The molecule has 0 amide bonds. The van der Waals surface area contributed by atoms with Crippen molar-refractivity contribution >= 4 is 17.2 Å². The summed E-state index contributed by atoms with van der Waals surface area (Å²) < 4.78 is 13.6. The number of nitrogens with zero attached hydrogens (tertiary/aromatic N) is 1. The van der Waals surface area contributed by atoms with Crippen LogP contribution in [0.15, 0.2) is 30.3 Å². The van der Waals surface area contributed by atoms with E-state index < -0.39 is 0 Å². The number of pyridine rings is 1. The Morgan fingerprint density at radius 3 is 2.59 bits per heavy atom. The van der Waals surface area contributed by atoms with Crippen LogP contribution in [0.3, 0.4) is 0 Å². The second-order valence-corrected chi connectivity index (χ2v) is 3.98. The zero-order chi connectivity index (χ0) is 12.4. The summed E-state index contributed by atoms with van der Waals surface area (Å²) in [5.74, 6) is 0.292. The van der Waals surface area contributed by atoms with E-state index in [9.17, 15) is 4.39 Å². The van der Waals surface area contributed by atoms with Gasteiger partial charge in [-0.1, -0.05) is 6.07 Å². The summed E-state index contributed by atoms with van der Waals surface area (Å²) in [7, 11) is 0. The van der Waals surface area contributed by atoms with E-state index in [2.05, 4.69) is 10.3 Å². The van der Waals surface area contributed by atoms with Crippen LogP contribution < -0.4 is 11.1 Å². The molecule has 0 saturated carbocycles. The van der Waals surface area contributed by atoms with Crippen LogP contribution in [-0.4, -0.2) is 4.98 Å². The average molecular weight is 231 g/mol. The molecule has 0 unspecified atom stereocenters. The minimum absolute atomic E-state index is 0.290. The van der Waals surface area contributed by atoms with Crippen LogP contribution in [0.1, 0.15) is 11.3 Å². The number of hydrogen-bond acceptors (Lipinski definition) is 3. The maximum absolute atomic E-state index is 13.6. The molecule has 2 aromatic rings. The number of nitrogens with one attached hydrogen (secondary N) is 1. The van der Waals surface area contributed by atoms with Crippen LogP contribution in [0.2, 0.25) is 0 Å². The van der Waals surface area contributed by atoms with Crippen molar-refractivity contribution in [1.82, 2.24) is 4.98 Å². The fraction of sp³-hybridized carbons (Fsp3) is 0.154. The lowest BCUT2D eigenvalue weighted by Crippen LogP contribution is -1.99. The van der Waals surface area contributed by atoms with Crippen molar-refractivity contribution in [3.05, 3.63) is 47.4 Å². The average Bonchev–Trinajstić information content (AvgIpc) is 2.27. The molecule has 88 valence electrons. The Morgan fingerprint density at radius 2 is 1.94 bits per heavy atom. The number of aryl methyl sites for hydroxylation is 2. The minimum atomic E-state index is -0.290. The molecule has 1 aromatic carbocycles. The Labute approximate surface area is 99.5 Å². The summed E-state index contributed by atoms with van der Waals surface area (Å²) >= 11 is 0. The number of nitrogen functional groups attached to an aromatic ring is 1. The summed E-state index contributed by atoms with van der Waals surface area (Å²) in [6.45, 7) is 3.66. The van der Waals surface area contributed by atoms with Gasteiger partial charge < -0.3 is 11.1 Å². The Hall–Kier alpha value is -2.10. The molecule has 0 bridgehead atoms. The van der Waals surface area contributed by atoms with Crippen molar-refractivity contribution in [2.24, 2.45) is 0 Å². The van der Waals surface area contributed by atoms with Crippen LogP contribution in [-0.2, 0) is 0 Å². The van der Waals surface area contributed by atoms with E-state index >= 15 is 0 Å². The molecule has 0 aliphatic heterocycles. The lowest BCUT2D eigenvalue weighted by atomic mass is 10.2. The number of halogens is 1. The molecule has 2 rings (SSSR count). The summed E-state index contributed by atoms with van der Waals surface area (Å²) in [6, 6.07) is 8.48. The summed E-state index contributed by atoms with van der Waals surface area (Å²) in [5.41, 5.74) is 8.31. The number of nitrogens with two attached hydrogens (primary N) is 1. The minimum Gasteiger partial charge on any atom is -0.397 e. The molecule has 0 aliphatic rings. The number of benzene rings is 1. The van der Waals surface area contributed by atoms with Crippen molar-refractivity contribution < 1.29 is 4.39 Å². The van der Waals surface area contributed by atoms with E-state index in [1.54, 1.807) is 18.2 Å². The van der Waals surface area contributed by atoms with Gasteiger partial charge in [0.05, 0.1) is 17.1 Å². The third-order valence-corrected chi connectivity index (χ3v) is 2.51. The fourth-order valence-corrected chi connectivity index (χ4v) is 1.50. The van der Waals surface area contributed by atoms with Crippen molar-refractivity contribution in [3.63, 3.8) is 0 Å². The standard InChI is InChI=1S/C13H14FN3/c1-8-3-5-12(10(14)7-8)17-13-6-4-11(15)9(2)16-13/h3-7H,15H2,1-2H3,(H,16,17). The Bertz CT molecular complexity index is 552. The van der Waals surface area contributed by atoms with Gasteiger partial charge >= 0.3 is 0 Å². The van der Waals surface area contributed by atoms with Crippen molar-refractivity contribution in [2.45, 2.75) is 13.8 Å². The molecule has 0 atom stereocenters. The van der Waals surface area contributed by atoms with Gasteiger partial charge in [-0.3, -0.25) is 0 Å². The van der Waals surface area contributed by atoms with Crippen LogP contribution in [0.4, 0.5) is 21.6 Å². The number of anilines is 3. The molecule has 3 N–H and O–H groups in total. The van der Waals surface area contributed by atoms with Gasteiger partial charge in [0.15, 0.2) is 0 Å². The molecule has 0 spiro atoms. The van der Waals surface area contributed by atoms with Crippen LogP contribution in [0.5, 0.6) is 0 Å². The van der Waals surface area contributed by atoms with Crippen LogP contribution >= 0.6 is 0 Å². The second-order valence-electron chi connectivity index (χ2n) is 3.98. The molecular weight excluding hydrogens is 217 g/mol. The zero-order valence-electron chi connectivity index (χ0n) is 9.79. The maximum Gasteiger partial charge on any atom is 0.146 e. The molecule has 0 fully saturated rings. The van der Waals surface area contributed by atoms with Gasteiger partial charge in [0.1, 0.15) is 11.6 Å². The van der Waals surface area contributed by atoms with Crippen LogP contribution in [0, 0.1) is 19.7 Å². The van der Waals surface area contributed by atoms with Gasteiger partial charge in [-0.2, -0.15) is 0 Å². The maximum atomic E-state index is 13.6. The van der Waals surface area contributed by atoms with Crippen molar-refractivity contribution in [3.8, 4) is 0 Å². The van der Waals surface area contributed by atoms with Crippen LogP contribution in [0.25, 0.3) is 0 Å². The molecule has 17 heavy (non-hydrogen) atoms. The Kier molecular flexibility index (Phi) is 2.95. The molecule has 3 nitrogen and oxygen atoms in total. The van der Waals surface area contributed by atoms with Gasteiger partial charge in [0.2, 0.25) is 0 Å². The highest BCUT2D eigenvalue weighted by molar-refractivity contribution is 5.59. The van der Waals surface area contributed by atoms with E-state index in [-0.39, 0.29) is 5.82 Å².